The summed E-state index contributed by atoms with van der Waals surface area (Å²) in [5.41, 5.74) is 0. The van der Waals surface area contributed by atoms with Gasteiger partial charge in [-0.1, -0.05) is 29.0 Å². The Morgan fingerprint density at radius 3 is 1.86 bits per heavy atom. The Hall–Kier alpha value is -0.480. The molecule has 0 aromatic carbocycles. The van der Waals surface area contributed by atoms with Crippen molar-refractivity contribution in [2.45, 2.75) is 13.8 Å². The molecule has 0 heterocycles. The zero-order valence-electron chi connectivity index (χ0n) is 8.18. The molecule has 0 N–H and O–H groups in total. The second-order valence-corrected chi connectivity index (χ2v) is 3.79. The van der Waals surface area contributed by atoms with E-state index in [0.717, 1.165) is 0 Å². The van der Waals surface area contributed by atoms with Crippen molar-refractivity contribution in [3.8, 4) is 0 Å². The second kappa shape index (κ2) is 7.88. The standard InChI is InChI=1S/C8H14FO4P/c1-3-5-7-11-14(10,13-9)12-8-6-4-2/h3-6H,7-8H2,1-2H3. The van der Waals surface area contributed by atoms with Crippen LogP contribution in [-0.2, 0) is 18.3 Å². The molecule has 0 atom stereocenters. The maximum atomic E-state index is 11.8. The first kappa shape index (κ1) is 13.5. The summed E-state index contributed by atoms with van der Waals surface area (Å²) in [5.74, 6) is 0. The van der Waals surface area contributed by atoms with Gasteiger partial charge < -0.3 is 0 Å². The Morgan fingerprint density at radius 1 is 1.14 bits per heavy atom. The van der Waals surface area contributed by atoms with Crippen LogP contribution >= 0.6 is 7.82 Å². The molecule has 0 spiro atoms. The molecule has 0 unspecified atom stereocenters. The Bertz CT molecular complexity index is 219. The summed E-state index contributed by atoms with van der Waals surface area (Å²) in [6.07, 6.45) is 6.47. The fraction of sp³-hybridized carbons (Fsp3) is 0.500. The number of halogens is 1. The molecule has 0 aliphatic heterocycles. The first-order valence-electron chi connectivity index (χ1n) is 4.10. The Morgan fingerprint density at radius 2 is 1.57 bits per heavy atom. The van der Waals surface area contributed by atoms with Gasteiger partial charge >= 0.3 is 7.82 Å². The summed E-state index contributed by atoms with van der Waals surface area (Å²) in [7, 11) is -4.03. The molecule has 0 fully saturated rings. The lowest BCUT2D eigenvalue weighted by molar-refractivity contribution is -0.0531. The zero-order valence-corrected chi connectivity index (χ0v) is 9.08. The summed E-state index contributed by atoms with van der Waals surface area (Å²) in [6, 6.07) is 0. The van der Waals surface area contributed by atoms with Crippen molar-refractivity contribution in [1.29, 1.82) is 0 Å². The number of hydrogen-bond donors (Lipinski definition) is 0. The van der Waals surface area contributed by atoms with E-state index < -0.39 is 7.82 Å². The molecule has 0 aliphatic carbocycles. The van der Waals surface area contributed by atoms with Crippen LogP contribution in [0.4, 0.5) is 4.53 Å². The minimum atomic E-state index is -4.03. The fourth-order valence-corrected chi connectivity index (χ4v) is 1.23. The summed E-state index contributed by atoms with van der Waals surface area (Å²) < 4.78 is 35.4. The van der Waals surface area contributed by atoms with E-state index in [1.165, 1.54) is 0 Å². The molecule has 0 amide bonds. The maximum absolute atomic E-state index is 11.8. The second-order valence-electron chi connectivity index (χ2n) is 2.25. The maximum Gasteiger partial charge on any atom is 0.506 e. The van der Waals surface area contributed by atoms with Gasteiger partial charge in [0.2, 0.25) is 0 Å². The van der Waals surface area contributed by atoms with Crippen LogP contribution in [0.5, 0.6) is 0 Å². The topological polar surface area (TPSA) is 44.8 Å². The molecule has 0 aromatic heterocycles. The molecule has 4 nitrogen and oxygen atoms in total. The van der Waals surface area contributed by atoms with E-state index in [2.05, 4.69) is 13.8 Å². The van der Waals surface area contributed by atoms with E-state index in [4.69, 9.17) is 0 Å². The lowest BCUT2D eigenvalue weighted by Gasteiger charge is -2.10. The van der Waals surface area contributed by atoms with Crippen LogP contribution in [-0.4, -0.2) is 13.2 Å². The molecular formula is C8H14FO4P. The SMILES string of the molecule is CC=CCOP(=O)(OF)OCC=CC. The Kier molecular flexibility index (Phi) is 7.61. The smallest absolute Gasteiger partial charge is 0.281 e. The van der Waals surface area contributed by atoms with Gasteiger partial charge in [-0.2, -0.15) is 0 Å². The predicted octanol–water partition coefficient (Wildman–Crippen LogP) is 3.18. The third kappa shape index (κ3) is 6.05. The van der Waals surface area contributed by atoms with Crippen molar-refractivity contribution < 1.29 is 22.9 Å². The highest BCUT2D eigenvalue weighted by Crippen LogP contribution is 2.49. The highest BCUT2D eigenvalue weighted by Gasteiger charge is 2.26. The van der Waals surface area contributed by atoms with E-state index in [1.807, 2.05) is 0 Å². The van der Waals surface area contributed by atoms with Crippen LogP contribution in [0.25, 0.3) is 0 Å². The molecule has 0 aliphatic rings. The van der Waals surface area contributed by atoms with Crippen molar-refractivity contribution in [3.63, 3.8) is 0 Å². The van der Waals surface area contributed by atoms with Crippen LogP contribution < -0.4 is 0 Å². The lowest BCUT2D eigenvalue weighted by Crippen LogP contribution is -1.96. The lowest BCUT2D eigenvalue weighted by atomic mass is 10.6. The van der Waals surface area contributed by atoms with Crippen molar-refractivity contribution in [3.05, 3.63) is 24.3 Å². The molecule has 82 valence electrons. The van der Waals surface area contributed by atoms with Gasteiger partial charge in [0.15, 0.2) is 0 Å². The number of phosphoric ester groups is 1. The minimum absolute atomic E-state index is 0.0203. The Labute approximate surface area is 82.9 Å². The zero-order chi connectivity index (χ0) is 10.9. The van der Waals surface area contributed by atoms with Crippen molar-refractivity contribution >= 4 is 7.82 Å². The first-order chi connectivity index (χ1) is 6.68. The molecule has 6 heteroatoms. The predicted molar refractivity (Wildman–Crippen MR) is 51.3 cm³/mol. The van der Waals surface area contributed by atoms with E-state index in [-0.39, 0.29) is 13.2 Å². The molecule has 14 heavy (non-hydrogen) atoms. The van der Waals surface area contributed by atoms with Crippen LogP contribution in [0.1, 0.15) is 13.8 Å². The van der Waals surface area contributed by atoms with E-state index in [1.54, 1.807) is 38.2 Å². The largest absolute Gasteiger partial charge is 0.506 e. The molecule has 0 saturated heterocycles. The van der Waals surface area contributed by atoms with Gasteiger partial charge in [-0.15, -0.1) is 0 Å². The highest BCUT2D eigenvalue weighted by molar-refractivity contribution is 7.48. The van der Waals surface area contributed by atoms with Crippen LogP contribution in [0.15, 0.2) is 24.3 Å². The van der Waals surface area contributed by atoms with Crippen molar-refractivity contribution in [2.24, 2.45) is 0 Å². The van der Waals surface area contributed by atoms with Gasteiger partial charge in [0.25, 0.3) is 0 Å². The Balaban J connectivity index is 3.97. The summed E-state index contributed by atoms with van der Waals surface area (Å²) in [5, 5.41) is 0. The molecule has 0 radical (unpaired) electrons. The third-order valence-corrected chi connectivity index (χ3v) is 2.31. The number of phosphoric acid groups is 1. The molecule has 0 saturated carbocycles. The van der Waals surface area contributed by atoms with Gasteiger partial charge in [-0.3, -0.25) is 9.05 Å². The number of rotatable bonds is 7. The monoisotopic (exact) mass is 224 g/mol. The number of allylic oxidation sites excluding steroid dienone is 2. The average Bonchev–Trinajstić information content (AvgIpc) is 2.19. The number of hydrogen-bond acceptors (Lipinski definition) is 4. The van der Waals surface area contributed by atoms with Gasteiger partial charge in [-0.25, -0.2) is 4.57 Å². The minimum Gasteiger partial charge on any atom is -0.281 e. The van der Waals surface area contributed by atoms with Crippen LogP contribution in [0.2, 0.25) is 0 Å². The van der Waals surface area contributed by atoms with E-state index >= 15 is 0 Å². The van der Waals surface area contributed by atoms with E-state index in [9.17, 15) is 9.09 Å². The van der Waals surface area contributed by atoms with Crippen LogP contribution in [0, 0.1) is 0 Å². The van der Waals surface area contributed by atoms with E-state index in [0.29, 0.717) is 0 Å². The normalized spacial score (nSPS) is 16.5. The van der Waals surface area contributed by atoms with Crippen molar-refractivity contribution in [1.82, 2.24) is 0 Å². The highest BCUT2D eigenvalue weighted by atomic mass is 31.2. The average molecular weight is 224 g/mol. The molecule has 0 rings (SSSR count). The first-order valence-corrected chi connectivity index (χ1v) is 5.56. The van der Waals surface area contributed by atoms with Crippen LogP contribution in [0.3, 0.4) is 0 Å². The van der Waals surface area contributed by atoms with Gasteiger partial charge in [0.1, 0.15) is 0 Å². The van der Waals surface area contributed by atoms with Gasteiger partial charge in [-0.05, 0) is 18.4 Å². The summed E-state index contributed by atoms with van der Waals surface area (Å²) >= 11 is 0. The molecule has 0 bridgehead atoms. The molecule has 0 aromatic rings. The van der Waals surface area contributed by atoms with Crippen molar-refractivity contribution in [2.75, 3.05) is 13.2 Å². The summed E-state index contributed by atoms with van der Waals surface area (Å²) in [6.45, 7) is 3.47. The van der Waals surface area contributed by atoms with Gasteiger partial charge in [0, 0.05) is 0 Å². The molecular weight excluding hydrogens is 210 g/mol. The quantitative estimate of drug-likeness (QED) is 0.492. The third-order valence-electron chi connectivity index (χ3n) is 1.21. The fourth-order valence-electron chi connectivity index (χ4n) is 0.538. The summed E-state index contributed by atoms with van der Waals surface area (Å²) in [4.78, 5) is 0. The van der Waals surface area contributed by atoms with Gasteiger partial charge in [0.05, 0.1) is 13.2 Å².